The van der Waals surface area contributed by atoms with Crippen LogP contribution in [0.25, 0.3) is 0 Å². The van der Waals surface area contributed by atoms with Crippen molar-refractivity contribution in [1.29, 1.82) is 0 Å². The van der Waals surface area contributed by atoms with Crippen molar-refractivity contribution in [3.8, 4) is 0 Å². The van der Waals surface area contributed by atoms with Crippen molar-refractivity contribution < 1.29 is 4.79 Å². The minimum Gasteiger partial charge on any atom is -0.372 e. The predicted octanol–water partition coefficient (Wildman–Crippen LogP) is 3.97. The van der Waals surface area contributed by atoms with Crippen molar-refractivity contribution in [2.24, 2.45) is 0 Å². The van der Waals surface area contributed by atoms with E-state index in [-0.39, 0.29) is 5.78 Å². The number of hydrogen-bond donors (Lipinski definition) is 0. The molecule has 0 amide bonds. The third-order valence-corrected chi connectivity index (χ3v) is 5.24. The molecule has 0 aromatic heterocycles. The number of allylic oxidation sites excluding steroid dienone is 2. The summed E-state index contributed by atoms with van der Waals surface area (Å²) in [5.74, 6) is 1.08. The molecule has 114 valence electrons. The van der Waals surface area contributed by atoms with Gasteiger partial charge < -0.3 is 9.80 Å². The van der Waals surface area contributed by atoms with Crippen molar-refractivity contribution in [3.05, 3.63) is 40.4 Å². The van der Waals surface area contributed by atoms with Crippen LogP contribution >= 0.6 is 11.8 Å². The van der Waals surface area contributed by atoms with E-state index in [1.165, 1.54) is 16.3 Å². The molecule has 1 aliphatic heterocycles. The number of hydrogen-bond acceptors (Lipinski definition) is 4. The molecule has 4 heteroatoms. The largest absolute Gasteiger partial charge is 0.372 e. The smallest absolute Gasteiger partial charge is 0.182 e. The Bertz CT molecular complexity index is 532. The Balaban J connectivity index is 2.04. The van der Waals surface area contributed by atoms with Gasteiger partial charge in [-0.1, -0.05) is 0 Å². The van der Waals surface area contributed by atoms with E-state index in [1.807, 2.05) is 36.0 Å². The Morgan fingerprint density at radius 3 is 2.29 bits per heavy atom. The van der Waals surface area contributed by atoms with Crippen LogP contribution in [0.1, 0.15) is 38.1 Å². The Morgan fingerprint density at radius 2 is 1.81 bits per heavy atom. The second-order valence-electron chi connectivity index (χ2n) is 5.26. The number of ketones is 1. The maximum Gasteiger partial charge on any atom is 0.182 e. The fourth-order valence-corrected chi connectivity index (χ4v) is 3.45. The van der Waals surface area contributed by atoms with Gasteiger partial charge in [-0.15, -0.1) is 11.8 Å². The molecule has 3 nitrogen and oxygen atoms in total. The van der Waals surface area contributed by atoms with Crippen molar-refractivity contribution in [2.45, 2.75) is 27.7 Å². The second-order valence-corrected chi connectivity index (χ2v) is 6.41. The van der Waals surface area contributed by atoms with E-state index < -0.39 is 0 Å². The third kappa shape index (κ3) is 3.62. The summed E-state index contributed by atoms with van der Waals surface area (Å²) in [5.41, 5.74) is 3.21. The molecule has 0 saturated heterocycles. The topological polar surface area (TPSA) is 23.6 Å². The van der Waals surface area contributed by atoms with Crippen LogP contribution in [0.2, 0.25) is 0 Å². The van der Waals surface area contributed by atoms with Crippen LogP contribution in [0.3, 0.4) is 0 Å². The van der Waals surface area contributed by atoms with Gasteiger partial charge in [0.15, 0.2) is 5.78 Å². The average Bonchev–Trinajstić information content (AvgIpc) is 2.81. The standard InChI is InChI=1S/C17H24N2OS/c1-5-18(6-2)16-9-7-15(8-10-16)17(20)11-19-12-21-14(4)13(19)3/h7-10H,5-6,11-12H2,1-4H3. The molecular formula is C17H24N2OS. The van der Waals surface area contributed by atoms with Gasteiger partial charge in [0.05, 0.1) is 12.4 Å². The number of Topliss-reactive ketones (excluding diaryl/α,β-unsaturated/α-hetero) is 1. The summed E-state index contributed by atoms with van der Waals surface area (Å²) in [6, 6.07) is 8.00. The Hall–Kier alpha value is -1.42. The van der Waals surface area contributed by atoms with Gasteiger partial charge in [-0.2, -0.15) is 0 Å². The zero-order chi connectivity index (χ0) is 15.4. The fourth-order valence-electron chi connectivity index (χ4n) is 2.47. The maximum absolute atomic E-state index is 12.4. The van der Waals surface area contributed by atoms with Crippen LogP contribution in [0.5, 0.6) is 0 Å². The highest BCUT2D eigenvalue weighted by molar-refractivity contribution is 8.03. The summed E-state index contributed by atoms with van der Waals surface area (Å²) < 4.78 is 0. The summed E-state index contributed by atoms with van der Waals surface area (Å²) in [4.78, 5) is 18.1. The third-order valence-electron chi connectivity index (χ3n) is 4.07. The van der Waals surface area contributed by atoms with Crippen molar-refractivity contribution >= 4 is 23.2 Å². The molecule has 0 fully saturated rings. The van der Waals surface area contributed by atoms with Gasteiger partial charge in [-0.3, -0.25) is 4.79 Å². The number of benzene rings is 1. The van der Waals surface area contributed by atoms with Gasteiger partial charge in [-0.25, -0.2) is 0 Å². The first-order valence-corrected chi connectivity index (χ1v) is 8.48. The summed E-state index contributed by atoms with van der Waals surface area (Å²) in [6.45, 7) is 10.9. The van der Waals surface area contributed by atoms with Crippen molar-refractivity contribution in [1.82, 2.24) is 4.90 Å². The fraction of sp³-hybridized carbons (Fsp3) is 0.471. The molecule has 0 aliphatic carbocycles. The summed E-state index contributed by atoms with van der Waals surface area (Å²) >= 11 is 1.81. The average molecular weight is 304 g/mol. The molecule has 1 aromatic rings. The van der Waals surface area contributed by atoms with Gasteiger partial charge in [0.25, 0.3) is 0 Å². The van der Waals surface area contributed by atoms with Gasteiger partial charge in [0.2, 0.25) is 0 Å². The normalized spacial score (nSPS) is 14.8. The SMILES string of the molecule is CCN(CC)c1ccc(C(=O)CN2CSC(C)=C2C)cc1. The number of anilines is 1. The lowest BCUT2D eigenvalue weighted by molar-refractivity contribution is 0.0958. The molecule has 0 spiro atoms. The highest BCUT2D eigenvalue weighted by Crippen LogP contribution is 2.30. The maximum atomic E-state index is 12.4. The molecule has 0 unspecified atom stereocenters. The van der Waals surface area contributed by atoms with Gasteiger partial charge >= 0.3 is 0 Å². The monoisotopic (exact) mass is 304 g/mol. The lowest BCUT2D eigenvalue weighted by Gasteiger charge is -2.21. The van der Waals surface area contributed by atoms with Crippen LogP contribution in [0.4, 0.5) is 5.69 Å². The van der Waals surface area contributed by atoms with E-state index in [9.17, 15) is 4.79 Å². The minimum absolute atomic E-state index is 0.191. The number of nitrogens with zero attached hydrogens (tertiary/aromatic N) is 2. The number of carbonyl (C=O) groups excluding carboxylic acids is 1. The first kappa shape index (κ1) is 16.0. The van der Waals surface area contributed by atoms with Gasteiger partial charge in [-0.05, 0) is 52.0 Å². The molecular weight excluding hydrogens is 280 g/mol. The van der Waals surface area contributed by atoms with Crippen LogP contribution in [0, 0.1) is 0 Å². The first-order valence-electron chi connectivity index (χ1n) is 7.50. The molecule has 1 aromatic carbocycles. The van der Waals surface area contributed by atoms with Gasteiger partial charge in [0.1, 0.15) is 0 Å². The van der Waals surface area contributed by atoms with Crippen LogP contribution < -0.4 is 4.90 Å². The summed E-state index contributed by atoms with van der Waals surface area (Å²) in [7, 11) is 0. The second kappa shape index (κ2) is 7.03. The zero-order valence-electron chi connectivity index (χ0n) is 13.3. The lowest BCUT2D eigenvalue weighted by atomic mass is 10.1. The van der Waals surface area contributed by atoms with E-state index in [4.69, 9.17) is 0 Å². The predicted molar refractivity (Wildman–Crippen MR) is 91.9 cm³/mol. The molecule has 0 bridgehead atoms. The number of carbonyl (C=O) groups is 1. The molecule has 2 rings (SSSR count). The molecule has 0 N–H and O–H groups in total. The molecule has 0 saturated carbocycles. The molecule has 21 heavy (non-hydrogen) atoms. The van der Waals surface area contributed by atoms with Crippen molar-refractivity contribution in [2.75, 3.05) is 30.4 Å². The molecule has 0 radical (unpaired) electrons. The lowest BCUT2D eigenvalue weighted by Crippen LogP contribution is -2.26. The van der Waals surface area contributed by atoms with Crippen LogP contribution in [-0.2, 0) is 0 Å². The van der Waals surface area contributed by atoms with E-state index in [0.29, 0.717) is 6.54 Å². The Labute approximate surface area is 132 Å². The first-order chi connectivity index (χ1) is 10.1. The van der Waals surface area contributed by atoms with Gasteiger partial charge in [0, 0.05) is 34.9 Å². The van der Waals surface area contributed by atoms with E-state index in [2.05, 4.69) is 37.5 Å². The van der Waals surface area contributed by atoms with Crippen molar-refractivity contribution in [3.63, 3.8) is 0 Å². The zero-order valence-corrected chi connectivity index (χ0v) is 14.2. The van der Waals surface area contributed by atoms with E-state index in [1.54, 1.807) is 0 Å². The quantitative estimate of drug-likeness (QED) is 0.742. The number of rotatable bonds is 6. The highest BCUT2D eigenvalue weighted by atomic mass is 32.2. The molecule has 1 heterocycles. The molecule has 1 aliphatic rings. The Kier molecular flexibility index (Phi) is 5.34. The summed E-state index contributed by atoms with van der Waals surface area (Å²) in [6.07, 6.45) is 0. The van der Waals surface area contributed by atoms with E-state index >= 15 is 0 Å². The minimum atomic E-state index is 0.191. The molecule has 0 atom stereocenters. The highest BCUT2D eigenvalue weighted by Gasteiger charge is 2.19. The Morgan fingerprint density at radius 1 is 1.19 bits per heavy atom. The van der Waals surface area contributed by atoms with E-state index in [0.717, 1.165) is 24.5 Å². The number of thioether (sulfide) groups is 1. The van der Waals surface area contributed by atoms with Crippen LogP contribution in [0.15, 0.2) is 34.9 Å². The van der Waals surface area contributed by atoms with Crippen LogP contribution in [-0.4, -0.2) is 36.2 Å². The summed E-state index contributed by atoms with van der Waals surface area (Å²) in [5, 5.41) is 0.